The summed E-state index contributed by atoms with van der Waals surface area (Å²) in [6.45, 7) is 1.03. The van der Waals surface area contributed by atoms with Gasteiger partial charge in [-0.2, -0.15) is 0 Å². The Morgan fingerprint density at radius 3 is 2.62 bits per heavy atom. The van der Waals surface area contributed by atoms with Crippen molar-refractivity contribution in [1.82, 2.24) is 9.88 Å². The average molecular weight is 419 g/mol. The zero-order valence-electron chi connectivity index (χ0n) is 16.0. The number of aliphatic hydroxyl groups is 1. The van der Waals surface area contributed by atoms with Crippen LogP contribution in [0.5, 0.6) is 11.5 Å². The van der Waals surface area contributed by atoms with Gasteiger partial charge >= 0.3 is 0 Å². The number of aromatic amines is 1. The number of carbonyl (C=O) groups excluding carboxylic acids is 1. The normalized spacial score (nSPS) is 26.1. The fraction of sp³-hybridized carbons (Fsp3) is 0.429. The molecule has 2 heterocycles. The molecule has 2 aromatic rings. The minimum absolute atomic E-state index is 0.0403. The largest absolute Gasteiger partial charge is 0.493 e. The van der Waals surface area contributed by atoms with Gasteiger partial charge in [-0.25, -0.2) is 0 Å². The van der Waals surface area contributed by atoms with Gasteiger partial charge in [0.2, 0.25) is 0 Å². The summed E-state index contributed by atoms with van der Waals surface area (Å²) in [5.74, 6) is 1.24. The second-order valence-electron chi connectivity index (χ2n) is 7.64. The number of benzene rings is 1. The lowest BCUT2D eigenvalue weighted by atomic mass is 9.78. The second-order valence-corrected chi connectivity index (χ2v) is 8.07. The molecule has 1 aromatic heterocycles. The number of halogens is 1. The average Bonchev–Trinajstić information content (AvgIpc) is 3.12. The Morgan fingerprint density at radius 2 is 1.90 bits per heavy atom. The SMILES string of the molecule is COc1ccccc1O[C@@H]1C[C@@H]2CN(C(=O)c3cc(Cl)c[nH]c3=O)C[C@@H]2C[C@H]1O. The number of nitrogens with zero attached hydrogens (tertiary/aromatic N) is 1. The highest BCUT2D eigenvalue weighted by Crippen LogP contribution is 2.39. The van der Waals surface area contributed by atoms with E-state index in [0.717, 1.165) is 0 Å². The predicted octanol–water partition coefficient (Wildman–Crippen LogP) is 2.33. The molecule has 1 aliphatic heterocycles. The van der Waals surface area contributed by atoms with E-state index in [0.29, 0.717) is 42.5 Å². The Balaban J connectivity index is 1.47. The number of fused-ring (bicyclic) bond motifs is 1. The van der Waals surface area contributed by atoms with Crippen LogP contribution in [-0.4, -0.2) is 53.3 Å². The van der Waals surface area contributed by atoms with Gasteiger partial charge in [-0.05, 0) is 42.9 Å². The summed E-state index contributed by atoms with van der Waals surface area (Å²) in [6, 6.07) is 8.73. The number of aromatic nitrogens is 1. The number of hydrogen-bond donors (Lipinski definition) is 2. The molecule has 4 rings (SSSR count). The summed E-state index contributed by atoms with van der Waals surface area (Å²) in [5.41, 5.74) is -0.412. The van der Waals surface area contributed by atoms with E-state index in [4.69, 9.17) is 21.1 Å². The Morgan fingerprint density at radius 1 is 1.21 bits per heavy atom. The van der Waals surface area contributed by atoms with E-state index in [1.807, 2.05) is 24.3 Å². The van der Waals surface area contributed by atoms with Crippen molar-refractivity contribution in [3.05, 3.63) is 57.5 Å². The van der Waals surface area contributed by atoms with Crippen molar-refractivity contribution in [2.45, 2.75) is 25.0 Å². The second kappa shape index (κ2) is 8.08. The molecule has 0 spiro atoms. The summed E-state index contributed by atoms with van der Waals surface area (Å²) in [5, 5.41) is 10.9. The van der Waals surface area contributed by atoms with E-state index >= 15 is 0 Å². The molecular weight excluding hydrogens is 396 g/mol. The third-order valence-electron chi connectivity index (χ3n) is 5.82. The van der Waals surface area contributed by atoms with Crippen molar-refractivity contribution in [3.63, 3.8) is 0 Å². The molecule has 2 fully saturated rings. The van der Waals surface area contributed by atoms with Gasteiger partial charge < -0.3 is 24.5 Å². The lowest BCUT2D eigenvalue weighted by Crippen LogP contribution is -2.42. The monoisotopic (exact) mass is 418 g/mol. The lowest BCUT2D eigenvalue weighted by Gasteiger charge is -2.35. The minimum atomic E-state index is -0.634. The summed E-state index contributed by atoms with van der Waals surface area (Å²) < 4.78 is 11.4. The van der Waals surface area contributed by atoms with Crippen molar-refractivity contribution >= 4 is 17.5 Å². The van der Waals surface area contributed by atoms with E-state index in [-0.39, 0.29) is 29.4 Å². The number of nitrogens with one attached hydrogen (secondary N) is 1. The van der Waals surface area contributed by atoms with Gasteiger partial charge in [-0.3, -0.25) is 9.59 Å². The van der Waals surface area contributed by atoms with Crippen LogP contribution in [0.3, 0.4) is 0 Å². The van der Waals surface area contributed by atoms with E-state index in [1.54, 1.807) is 12.0 Å². The smallest absolute Gasteiger partial charge is 0.260 e. The molecular formula is C21H23ClN2O5. The third-order valence-corrected chi connectivity index (χ3v) is 6.04. The van der Waals surface area contributed by atoms with Crippen molar-refractivity contribution in [2.24, 2.45) is 11.8 Å². The van der Waals surface area contributed by atoms with Gasteiger partial charge in [0.25, 0.3) is 11.5 Å². The maximum Gasteiger partial charge on any atom is 0.260 e. The standard InChI is InChI=1S/C21H23ClN2O5/c1-28-17-4-2-3-5-18(17)29-19-7-13-11-24(10-12(13)6-16(19)25)21(27)15-8-14(22)9-23-20(15)26/h2-5,8-9,12-13,16,19,25H,6-7,10-11H2,1H3,(H,23,26)/t12-,13+,16+,19+/m0/s1. The molecule has 1 saturated heterocycles. The molecule has 2 N–H and O–H groups in total. The van der Waals surface area contributed by atoms with Gasteiger partial charge in [-0.15, -0.1) is 0 Å². The van der Waals surface area contributed by atoms with Crippen LogP contribution < -0.4 is 15.0 Å². The molecule has 0 radical (unpaired) electrons. The van der Waals surface area contributed by atoms with E-state index in [2.05, 4.69) is 4.98 Å². The minimum Gasteiger partial charge on any atom is -0.493 e. The fourth-order valence-electron chi connectivity index (χ4n) is 4.35. The first-order valence-electron chi connectivity index (χ1n) is 9.61. The van der Waals surface area contributed by atoms with Crippen LogP contribution in [0, 0.1) is 11.8 Å². The van der Waals surface area contributed by atoms with E-state index in [1.165, 1.54) is 12.3 Å². The Hall–Kier alpha value is -2.51. The maximum absolute atomic E-state index is 12.8. The summed E-state index contributed by atoms with van der Waals surface area (Å²) in [7, 11) is 1.58. The first-order valence-corrected chi connectivity index (χ1v) is 9.99. The van der Waals surface area contributed by atoms with Gasteiger partial charge in [-0.1, -0.05) is 23.7 Å². The predicted molar refractivity (Wildman–Crippen MR) is 108 cm³/mol. The topological polar surface area (TPSA) is 91.9 Å². The number of pyridine rings is 1. The van der Waals surface area contributed by atoms with Gasteiger partial charge in [0.15, 0.2) is 11.5 Å². The van der Waals surface area contributed by atoms with Crippen LogP contribution in [0.2, 0.25) is 5.02 Å². The third kappa shape index (κ3) is 3.97. The molecule has 1 saturated carbocycles. The number of aliphatic hydroxyl groups excluding tert-OH is 1. The molecule has 29 heavy (non-hydrogen) atoms. The molecule has 8 heteroatoms. The zero-order valence-corrected chi connectivity index (χ0v) is 16.8. The molecule has 1 aromatic carbocycles. The number of H-pyrrole nitrogens is 1. The van der Waals surface area contributed by atoms with E-state index in [9.17, 15) is 14.7 Å². The molecule has 1 amide bonds. The Labute approximate surface area is 173 Å². The molecule has 2 aliphatic rings. The highest BCUT2D eigenvalue weighted by Gasteiger charge is 2.44. The van der Waals surface area contributed by atoms with Gasteiger partial charge in [0.1, 0.15) is 11.7 Å². The van der Waals surface area contributed by atoms with Crippen molar-refractivity contribution in [2.75, 3.05) is 20.2 Å². The first-order chi connectivity index (χ1) is 14.0. The number of methoxy groups -OCH3 is 1. The summed E-state index contributed by atoms with van der Waals surface area (Å²) >= 11 is 5.93. The molecule has 0 bridgehead atoms. The highest BCUT2D eigenvalue weighted by atomic mass is 35.5. The van der Waals surface area contributed by atoms with E-state index < -0.39 is 11.7 Å². The summed E-state index contributed by atoms with van der Waals surface area (Å²) in [6.07, 6.45) is 1.52. The first kappa shape index (κ1) is 19.8. The van der Waals surface area contributed by atoms with Crippen molar-refractivity contribution in [3.8, 4) is 11.5 Å². The summed E-state index contributed by atoms with van der Waals surface area (Å²) in [4.78, 5) is 29.0. The van der Waals surface area contributed by atoms with Crippen LogP contribution in [-0.2, 0) is 0 Å². The lowest BCUT2D eigenvalue weighted by molar-refractivity contribution is -0.0240. The number of hydrogen-bond acceptors (Lipinski definition) is 5. The molecule has 154 valence electrons. The van der Waals surface area contributed by atoms with Crippen LogP contribution in [0.15, 0.2) is 41.3 Å². The number of ether oxygens (including phenoxy) is 2. The van der Waals surface area contributed by atoms with Gasteiger partial charge in [0, 0.05) is 19.3 Å². The molecule has 7 nitrogen and oxygen atoms in total. The number of carbonyl (C=O) groups is 1. The zero-order chi connectivity index (χ0) is 20.5. The maximum atomic E-state index is 12.8. The van der Waals surface area contributed by atoms with Crippen LogP contribution in [0.4, 0.5) is 0 Å². The van der Waals surface area contributed by atoms with Crippen molar-refractivity contribution in [1.29, 1.82) is 0 Å². The Bertz CT molecular complexity index is 962. The Kier molecular flexibility index (Phi) is 5.52. The molecule has 4 atom stereocenters. The van der Waals surface area contributed by atoms with Gasteiger partial charge in [0.05, 0.1) is 18.2 Å². The molecule has 1 aliphatic carbocycles. The quantitative estimate of drug-likeness (QED) is 0.795. The van der Waals surface area contributed by atoms with Crippen molar-refractivity contribution < 1.29 is 19.4 Å². The van der Waals surface area contributed by atoms with Crippen LogP contribution >= 0.6 is 11.6 Å². The van der Waals surface area contributed by atoms with Crippen LogP contribution in [0.25, 0.3) is 0 Å². The molecule has 0 unspecified atom stereocenters. The highest BCUT2D eigenvalue weighted by molar-refractivity contribution is 6.30. The number of amides is 1. The number of likely N-dealkylation sites (tertiary alicyclic amines) is 1. The number of rotatable bonds is 4. The fourth-order valence-corrected chi connectivity index (χ4v) is 4.51. The number of para-hydroxylation sites is 2. The van der Waals surface area contributed by atoms with Crippen LogP contribution in [0.1, 0.15) is 23.2 Å².